The van der Waals surface area contributed by atoms with Gasteiger partial charge in [-0.1, -0.05) is 185 Å². The maximum absolute atomic E-state index is 7.76. The summed E-state index contributed by atoms with van der Waals surface area (Å²) in [5.41, 5.74) is 26.2. The Hall–Kier alpha value is -5.48. The molecule has 1 fully saturated rings. The first-order chi connectivity index (χ1) is 33.7. The molecular formula is C68H79BN2O. The summed E-state index contributed by atoms with van der Waals surface area (Å²) >= 11 is 0. The number of nitrogens with zero attached hydrogens (tertiary/aromatic N) is 2. The summed E-state index contributed by atoms with van der Waals surface area (Å²) in [6.07, 6.45) is 8.51. The second-order valence-corrected chi connectivity index (χ2v) is 28.4. The van der Waals surface area contributed by atoms with Crippen LogP contribution in [0.1, 0.15) is 200 Å². The number of fused-ring (bicyclic) bond motifs is 12. The molecule has 0 N–H and O–H groups in total. The molecule has 370 valence electrons. The average molecular weight is 951 g/mol. The van der Waals surface area contributed by atoms with E-state index in [1.807, 2.05) is 0 Å². The van der Waals surface area contributed by atoms with Gasteiger partial charge in [0.25, 0.3) is 6.71 Å². The highest BCUT2D eigenvalue weighted by molar-refractivity contribution is 7.00. The maximum Gasteiger partial charge on any atom is 0.297 e. The van der Waals surface area contributed by atoms with Gasteiger partial charge < -0.3 is 14.2 Å². The van der Waals surface area contributed by atoms with Crippen LogP contribution >= 0.6 is 0 Å². The van der Waals surface area contributed by atoms with E-state index in [0.717, 1.165) is 24.1 Å². The monoisotopic (exact) mass is 951 g/mol. The number of anilines is 6. The largest absolute Gasteiger partial charge is 0.468 e. The quantitative estimate of drug-likeness (QED) is 0.161. The minimum atomic E-state index is -0.143. The van der Waals surface area contributed by atoms with Gasteiger partial charge in [0.15, 0.2) is 0 Å². The lowest BCUT2D eigenvalue weighted by Gasteiger charge is -2.44. The first-order valence-corrected chi connectivity index (χ1v) is 27.6. The van der Waals surface area contributed by atoms with E-state index in [2.05, 4.69) is 224 Å². The Morgan fingerprint density at radius 3 is 1.65 bits per heavy atom. The second-order valence-electron chi connectivity index (χ2n) is 28.4. The van der Waals surface area contributed by atoms with Gasteiger partial charge in [0.2, 0.25) is 0 Å². The third-order valence-electron chi connectivity index (χ3n) is 18.5. The second kappa shape index (κ2) is 15.3. The van der Waals surface area contributed by atoms with Crippen molar-refractivity contribution >= 4 is 68.4 Å². The lowest BCUT2D eigenvalue weighted by atomic mass is 9.35. The highest BCUT2D eigenvalue weighted by atomic mass is 16.3. The average Bonchev–Trinajstić information content (AvgIpc) is 3.81. The van der Waals surface area contributed by atoms with Gasteiger partial charge in [0.05, 0.1) is 17.0 Å². The van der Waals surface area contributed by atoms with Crippen LogP contribution in [0, 0.1) is 0 Å². The SMILES string of the molecule is CC(C)(C)c1ccc(N2c3cc(C(C)(C)C)ccc3B3c4oc5cc6c(cc5c4N(c4cccc5c4-c4ccc(C(C)(C)C)cc4C54CCCCC4)c4cc(C(C)(C)C)cc2c43)C(C)(C)CCC6(C)C)cc1. The van der Waals surface area contributed by atoms with Gasteiger partial charge in [0, 0.05) is 39.1 Å². The van der Waals surface area contributed by atoms with Gasteiger partial charge in [-0.3, -0.25) is 0 Å². The summed E-state index contributed by atoms with van der Waals surface area (Å²) in [5, 5.41) is 1.22. The molecule has 1 saturated carbocycles. The molecule has 3 nitrogen and oxygen atoms in total. The van der Waals surface area contributed by atoms with Crippen LogP contribution in [-0.2, 0) is 37.9 Å². The Morgan fingerprint density at radius 1 is 0.472 bits per heavy atom. The van der Waals surface area contributed by atoms with E-state index in [0.29, 0.717) is 0 Å². The minimum Gasteiger partial charge on any atom is -0.468 e. The summed E-state index contributed by atoms with van der Waals surface area (Å²) in [7, 11) is 0. The third-order valence-corrected chi connectivity index (χ3v) is 18.5. The van der Waals surface area contributed by atoms with Crippen molar-refractivity contribution < 1.29 is 4.42 Å². The standard InChI is InChI=1S/C68H79BN2O/c1-62(2,3)41-23-27-45(28-24-41)70-54-36-43(64(7,8)9)26-30-52(54)69-59-55(70)37-44(65(10,11)12)38-56(59)71(60-47-39-50-51(40-57(47)72-61(60)69)67(15,16)34-33-66(50,13)14)53-22-20-21-48-58(53)46-29-25-42(63(4,5)6)35-49(46)68(48)31-18-17-19-32-68/h20-30,35-40H,17-19,31-34H2,1-16H3. The molecule has 7 aromatic rings. The topological polar surface area (TPSA) is 19.6 Å². The number of furan rings is 1. The number of rotatable bonds is 2. The van der Waals surface area contributed by atoms with Gasteiger partial charge >= 0.3 is 0 Å². The van der Waals surface area contributed by atoms with Crippen molar-refractivity contribution in [1.29, 1.82) is 0 Å². The first-order valence-electron chi connectivity index (χ1n) is 27.6. The van der Waals surface area contributed by atoms with Crippen LogP contribution in [0.3, 0.4) is 0 Å². The highest BCUT2D eigenvalue weighted by Crippen LogP contribution is 2.61. The molecule has 0 unspecified atom stereocenters. The van der Waals surface area contributed by atoms with Crippen molar-refractivity contribution in [1.82, 2.24) is 0 Å². The van der Waals surface area contributed by atoms with Crippen molar-refractivity contribution in [2.24, 2.45) is 0 Å². The van der Waals surface area contributed by atoms with E-state index in [-0.39, 0.29) is 44.6 Å². The molecular weight excluding hydrogens is 872 g/mol. The van der Waals surface area contributed by atoms with Crippen molar-refractivity contribution in [3.63, 3.8) is 0 Å². The minimum absolute atomic E-state index is 0.0130. The molecule has 72 heavy (non-hydrogen) atoms. The molecule has 1 spiro atoms. The summed E-state index contributed by atoms with van der Waals surface area (Å²) in [5.74, 6) is 0. The molecule has 0 amide bonds. The predicted molar refractivity (Wildman–Crippen MR) is 310 cm³/mol. The molecule has 0 saturated heterocycles. The van der Waals surface area contributed by atoms with Gasteiger partial charge in [-0.15, -0.1) is 0 Å². The summed E-state index contributed by atoms with van der Waals surface area (Å²) in [6, 6.07) is 42.0. The van der Waals surface area contributed by atoms with Gasteiger partial charge in [0.1, 0.15) is 5.58 Å². The molecule has 0 bridgehead atoms. The van der Waals surface area contributed by atoms with Crippen LogP contribution in [0.15, 0.2) is 108 Å². The molecule has 6 aromatic carbocycles. The van der Waals surface area contributed by atoms with Gasteiger partial charge in [-0.05, 0) is 168 Å². The summed E-state index contributed by atoms with van der Waals surface area (Å²) < 4.78 is 7.76. The molecule has 5 aliphatic rings. The third kappa shape index (κ3) is 6.95. The van der Waals surface area contributed by atoms with Crippen LogP contribution in [0.5, 0.6) is 0 Å². The highest BCUT2D eigenvalue weighted by Gasteiger charge is 2.51. The molecule has 1 aromatic heterocycles. The van der Waals surface area contributed by atoms with E-state index in [1.54, 1.807) is 5.56 Å². The lowest BCUT2D eigenvalue weighted by molar-refractivity contribution is 0.332. The predicted octanol–water partition coefficient (Wildman–Crippen LogP) is 17.3. The van der Waals surface area contributed by atoms with Crippen LogP contribution in [0.2, 0.25) is 0 Å². The fourth-order valence-corrected chi connectivity index (χ4v) is 13.9. The lowest BCUT2D eigenvalue weighted by Crippen LogP contribution is -2.61. The van der Waals surface area contributed by atoms with Crippen LogP contribution < -0.4 is 26.4 Å². The molecule has 0 atom stereocenters. The fourth-order valence-electron chi connectivity index (χ4n) is 13.9. The van der Waals surface area contributed by atoms with Crippen LogP contribution in [0.25, 0.3) is 22.1 Å². The van der Waals surface area contributed by atoms with Crippen LogP contribution in [0.4, 0.5) is 34.1 Å². The molecule has 4 heteroatoms. The Labute approximate surface area is 432 Å². The van der Waals surface area contributed by atoms with Crippen molar-refractivity contribution in [2.45, 2.75) is 194 Å². The maximum atomic E-state index is 7.76. The molecule has 12 rings (SSSR count). The van der Waals surface area contributed by atoms with E-state index in [1.165, 1.54) is 133 Å². The van der Waals surface area contributed by atoms with E-state index >= 15 is 0 Å². The van der Waals surface area contributed by atoms with Crippen molar-refractivity contribution in [3.8, 4) is 11.1 Å². The Morgan fingerprint density at radius 2 is 1.03 bits per heavy atom. The van der Waals surface area contributed by atoms with Gasteiger partial charge in [-0.2, -0.15) is 0 Å². The van der Waals surface area contributed by atoms with Crippen molar-refractivity contribution in [2.75, 3.05) is 9.80 Å². The van der Waals surface area contributed by atoms with E-state index < -0.39 is 0 Å². The normalized spacial score (nSPS) is 18.4. The summed E-state index contributed by atoms with van der Waals surface area (Å²) in [6.45, 7) is 38.0. The van der Waals surface area contributed by atoms with Gasteiger partial charge in [-0.25, -0.2) is 0 Å². The fraction of sp³-hybridized carbons (Fsp3) is 0.441. The first kappa shape index (κ1) is 47.5. The van der Waals surface area contributed by atoms with E-state index in [4.69, 9.17) is 4.42 Å². The number of benzene rings is 6. The number of hydrogen-bond donors (Lipinski definition) is 0. The zero-order valence-corrected chi connectivity index (χ0v) is 46.6. The Balaban J connectivity index is 1.23. The molecule has 2 aliphatic heterocycles. The van der Waals surface area contributed by atoms with Crippen molar-refractivity contribution in [3.05, 3.63) is 148 Å². The zero-order valence-electron chi connectivity index (χ0n) is 46.6. The Bertz CT molecular complexity index is 3380. The van der Waals surface area contributed by atoms with E-state index in [9.17, 15) is 0 Å². The Kier molecular flexibility index (Phi) is 10.1. The molecule has 0 radical (unpaired) electrons. The zero-order chi connectivity index (χ0) is 51.0. The number of hydrogen-bond acceptors (Lipinski definition) is 3. The smallest absolute Gasteiger partial charge is 0.297 e. The molecule has 3 aliphatic carbocycles. The summed E-state index contributed by atoms with van der Waals surface area (Å²) in [4.78, 5) is 5.35. The molecule has 3 heterocycles. The van der Waals surface area contributed by atoms with Crippen LogP contribution in [-0.4, -0.2) is 6.71 Å².